The molecule has 0 atom stereocenters. The molecule has 160 valence electrons. The normalized spacial score (nSPS) is 11.4. The maximum atomic E-state index is 12.4. The van der Waals surface area contributed by atoms with Gasteiger partial charge >= 0.3 is 0 Å². The highest BCUT2D eigenvalue weighted by Gasteiger charge is 2.17. The zero-order valence-electron chi connectivity index (χ0n) is 17.8. The molecule has 0 aliphatic rings. The van der Waals surface area contributed by atoms with E-state index in [1.165, 1.54) is 17.3 Å². The fraction of sp³-hybridized carbons (Fsp3) is 0.125. The first-order valence-electron chi connectivity index (χ1n) is 10.1. The first-order chi connectivity index (χ1) is 15.6. The Morgan fingerprint density at radius 1 is 1.00 bits per heavy atom. The van der Waals surface area contributed by atoms with E-state index < -0.39 is 0 Å². The number of nitrogens with one attached hydrogen (secondary N) is 1. The van der Waals surface area contributed by atoms with Crippen molar-refractivity contribution in [3.63, 3.8) is 0 Å². The van der Waals surface area contributed by atoms with E-state index in [1.807, 2.05) is 85.1 Å². The molecule has 2 aromatic heterocycles. The van der Waals surface area contributed by atoms with Crippen LogP contribution in [0.15, 0.2) is 89.4 Å². The van der Waals surface area contributed by atoms with Crippen LogP contribution in [0.4, 0.5) is 0 Å². The van der Waals surface area contributed by atoms with Crippen LogP contribution in [-0.4, -0.2) is 37.1 Å². The Hall–Kier alpha value is -3.78. The molecule has 2 aromatic carbocycles. The summed E-state index contributed by atoms with van der Waals surface area (Å²) < 4.78 is 1.97. The van der Waals surface area contributed by atoms with Crippen molar-refractivity contribution in [2.75, 3.05) is 5.75 Å². The summed E-state index contributed by atoms with van der Waals surface area (Å²) >= 11 is 1.31. The molecule has 4 aromatic rings. The number of benzene rings is 2. The van der Waals surface area contributed by atoms with E-state index in [4.69, 9.17) is 0 Å². The second-order valence-electron chi connectivity index (χ2n) is 7.10. The second-order valence-corrected chi connectivity index (χ2v) is 8.04. The lowest BCUT2D eigenvalue weighted by molar-refractivity contribution is -0.118. The smallest absolute Gasteiger partial charge is 0.250 e. The van der Waals surface area contributed by atoms with Crippen LogP contribution in [0, 0.1) is 6.92 Å². The molecule has 0 fully saturated rings. The lowest BCUT2D eigenvalue weighted by atomic mass is 10.1. The average molecular weight is 443 g/mol. The Bertz CT molecular complexity index is 1220. The molecule has 8 heteroatoms. The highest BCUT2D eigenvalue weighted by molar-refractivity contribution is 7.99. The number of carbonyl (C=O) groups is 1. The predicted octanol–water partition coefficient (Wildman–Crippen LogP) is 4.27. The van der Waals surface area contributed by atoms with E-state index in [2.05, 4.69) is 25.7 Å². The van der Waals surface area contributed by atoms with E-state index in [-0.39, 0.29) is 11.7 Å². The maximum absolute atomic E-state index is 12.4. The van der Waals surface area contributed by atoms with Crippen molar-refractivity contribution in [3.05, 3.63) is 90.3 Å². The molecule has 0 aliphatic heterocycles. The largest absolute Gasteiger partial charge is 0.272 e. The van der Waals surface area contributed by atoms with Crippen molar-refractivity contribution < 1.29 is 4.79 Å². The van der Waals surface area contributed by atoms with Crippen molar-refractivity contribution in [3.8, 4) is 17.1 Å². The highest BCUT2D eigenvalue weighted by atomic mass is 32.2. The van der Waals surface area contributed by atoms with Crippen molar-refractivity contribution >= 4 is 23.4 Å². The molecule has 4 rings (SSSR count). The van der Waals surface area contributed by atoms with Gasteiger partial charge in [0, 0.05) is 29.2 Å². The summed E-state index contributed by atoms with van der Waals surface area (Å²) in [7, 11) is 0. The van der Waals surface area contributed by atoms with Gasteiger partial charge < -0.3 is 0 Å². The molecular formula is C24H22N6OS. The molecule has 0 saturated heterocycles. The van der Waals surface area contributed by atoms with Crippen molar-refractivity contribution in [1.82, 2.24) is 25.2 Å². The summed E-state index contributed by atoms with van der Waals surface area (Å²) in [5.74, 6) is 0.667. The number of amides is 1. The number of aryl methyl sites for hydroxylation is 1. The van der Waals surface area contributed by atoms with Crippen LogP contribution >= 0.6 is 11.8 Å². The molecule has 0 aliphatic carbocycles. The van der Waals surface area contributed by atoms with Gasteiger partial charge in [-0.15, -0.1) is 10.2 Å². The summed E-state index contributed by atoms with van der Waals surface area (Å²) in [4.78, 5) is 16.4. The first kappa shape index (κ1) is 21.5. The van der Waals surface area contributed by atoms with Crippen molar-refractivity contribution in [2.24, 2.45) is 5.10 Å². The number of carbonyl (C=O) groups excluding carboxylic acids is 1. The number of pyridine rings is 1. The molecule has 1 N–H and O–H groups in total. The molecule has 0 radical (unpaired) electrons. The second kappa shape index (κ2) is 10.0. The summed E-state index contributed by atoms with van der Waals surface area (Å²) in [6.07, 6.45) is 3.38. The molecule has 1 amide bonds. The number of rotatable bonds is 7. The SMILES string of the molecule is C/C(=N/NC(=O)CSc1nnc(-c2ccc(C)cc2)n1-c1ccccc1)c1ccncc1. The summed E-state index contributed by atoms with van der Waals surface area (Å²) in [6, 6.07) is 21.7. The molecule has 32 heavy (non-hydrogen) atoms. The molecular weight excluding hydrogens is 420 g/mol. The first-order valence-corrected chi connectivity index (χ1v) is 11.0. The van der Waals surface area contributed by atoms with Gasteiger partial charge in [0.2, 0.25) is 0 Å². The lowest BCUT2D eigenvalue weighted by Crippen LogP contribution is -2.21. The van der Waals surface area contributed by atoms with Gasteiger partial charge in [0.15, 0.2) is 11.0 Å². The molecule has 0 unspecified atom stereocenters. The molecule has 0 spiro atoms. The lowest BCUT2D eigenvalue weighted by Gasteiger charge is -2.10. The predicted molar refractivity (Wildman–Crippen MR) is 127 cm³/mol. The number of hydrogen-bond acceptors (Lipinski definition) is 6. The number of aromatic nitrogens is 4. The standard InChI is InChI=1S/C24H22N6OS/c1-17-8-10-20(11-9-17)23-28-29-24(30(23)21-6-4-3-5-7-21)32-16-22(31)27-26-18(2)19-12-14-25-15-13-19/h3-15H,16H2,1-2H3,(H,27,31)/b26-18-. The maximum Gasteiger partial charge on any atom is 0.250 e. The van der Waals surface area contributed by atoms with Crippen LogP contribution < -0.4 is 5.43 Å². The van der Waals surface area contributed by atoms with Crippen LogP contribution in [0.2, 0.25) is 0 Å². The number of hydrogen-bond donors (Lipinski definition) is 1. The van der Waals surface area contributed by atoms with Crippen LogP contribution in [0.1, 0.15) is 18.1 Å². The van der Waals surface area contributed by atoms with E-state index in [1.54, 1.807) is 12.4 Å². The molecule has 2 heterocycles. The van der Waals surface area contributed by atoms with Crippen LogP contribution in [0.25, 0.3) is 17.1 Å². The number of para-hydroxylation sites is 1. The Kier molecular flexibility index (Phi) is 6.72. The van der Waals surface area contributed by atoms with E-state index >= 15 is 0 Å². The third-order valence-electron chi connectivity index (χ3n) is 4.74. The fourth-order valence-corrected chi connectivity index (χ4v) is 3.77. The van der Waals surface area contributed by atoms with Gasteiger partial charge in [0.1, 0.15) is 0 Å². The summed E-state index contributed by atoms with van der Waals surface area (Å²) in [5, 5.41) is 13.6. The Morgan fingerprint density at radius 3 is 2.44 bits per heavy atom. The summed E-state index contributed by atoms with van der Waals surface area (Å²) in [6.45, 7) is 3.88. The average Bonchev–Trinajstić information content (AvgIpc) is 3.26. The van der Waals surface area contributed by atoms with E-state index in [9.17, 15) is 4.79 Å². The van der Waals surface area contributed by atoms with Crippen LogP contribution in [-0.2, 0) is 4.79 Å². The highest BCUT2D eigenvalue weighted by Crippen LogP contribution is 2.28. The van der Waals surface area contributed by atoms with Gasteiger partial charge in [0.25, 0.3) is 5.91 Å². The minimum Gasteiger partial charge on any atom is -0.272 e. The van der Waals surface area contributed by atoms with Crippen molar-refractivity contribution in [1.29, 1.82) is 0 Å². The third kappa shape index (κ3) is 5.09. The molecule has 7 nitrogen and oxygen atoms in total. The molecule has 0 saturated carbocycles. The van der Waals surface area contributed by atoms with E-state index in [0.29, 0.717) is 10.9 Å². The molecule has 0 bridgehead atoms. The Morgan fingerprint density at radius 2 is 1.72 bits per heavy atom. The van der Waals surface area contributed by atoms with Gasteiger partial charge in [-0.25, -0.2) is 5.43 Å². The van der Waals surface area contributed by atoms with E-state index in [0.717, 1.165) is 22.6 Å². The van der Waals surface area contributed by atoms with Crippen molar-refractivity contribution in [2.45, 2.75) is 19.0 Å². The Balaban J connectivity index is 1.52. The van der Waals surface area contributed by atoms with Crippen LogP contribution in [0.3, 0.4) is 0 Å². The minimum absolute atomic E-state index is 0.159. The number of thioether (sulfide) groups is 1. The minimum atomic E-state index is -0.220. The zero-order chi connectivity index (χ0) is 22.3. The summed E-state index contributed by atoms with van der Waals surface area (Å²) in [5.41, 5.74) is 7.28. The van der Waals surface area contributed by atoms with Gasteiger partial charge in [0.05, 0.1) is 11.5 Å². The van der Waals surface area contributed by atoms with Gasteiger partial charge in [-0.2, -0.15) is 5.10 Å². The Labute approximate surface area is 190 Å². The third-order valence-corrected chi connectivity index (χ3v) is 5.67. The monoisotopic (exact) mass is 442 g/mol. The zero-order valence-corrected chi connectivity index (χ0v) is 18.6. The number of hydrazone groups is 1. The van der Waals surface area contributed by atoms with Crippen LogP contribution in [0.5, 0.6) is 0 Å². The fourth-order valence-electron chi connectivity index (χ4n) is 3.03. The topological polar surface area (TPSA) is 85.1 Å². The quantitative estimate of drug-likeness (QED) is 0.262. The van der Waals surface area contributed by atoms with Gasteiger partial charge in [-0.1, -0.05) is 59.8 Å². The van der Waals surface area contributed by atoms with Gasteiger partial charge in [-0.05, 0) is 38.1 Å². The number of nitrogens with zero attached hydrogens (tertiary/aromatic N) is 5. The van der Waals surface area contributed by atoms with Gasteiger partial charge in [-0.3, -0.25) is 14.3 Å².